The third-order valence-electron chi connectivity index (χ3n) is 4.76. The van der Waals surface area contributed by atoms with Gasteiger partial charge >= 0.3 is 0 Å². The Morgan fingerprint density at radius 3 is 2.28 bits per heavy atom. The predicted octanol–water partition coefficient (Wildman–Crippen LogP) is 6.02. The van der Waals surface area contributed by atoms with Crippen LogP contribution < -0.4 is 0 Å². The van der Waals surface area contributed by atoms with Crippen molar-refractivity contribution in [2.45, 2.75) is 72.1 Å². The van der Waals surface area contributed by atoms with Crippen molar-refractivity contribution in [1.82, 2.24) is 4.90 Å². The van der Waals surface area contributed by atoms with Gasteiger partial charge in [-0.15, -0.1) is 11.8 Å². The van der Waals surface area contributed by atoms with Crippen LogP contribution in [0, 0.1) is 11.3 Å². The van der Waals surface area contributed by atoms with Crippen molar-refractivity contribution in [2.75, 3.05) is 12.3 Å². The molecule has 25 heavy (non-hydrogen) atoms. The second-order valence-corrected chi connectivity index (χ2v) is 10.9. The molecule has 1 aromatic carbocycles. The second-order valence-electron chi connectivity index (χ2n) is 9.76. The van der Waals surface area contributed by atoms with Gasteiger partial charge in [0.05, 0.1) is 0 Å². The minimum absolute atomic E-state index is 0.166. The van der Waals surface area contributed by atoms with Crippen molar-refractivity contribution in [3.8, 4) is 0 Å². The van der Waals surface area contributed by atoms with E-state index >= 15 is 0 Å². The van der Waals surface area contributed by atoms with Crippen LogP contribution in [0.3, 0.4) is 0 Å². The molecule has 1 aromatic rings. The summed E-state index contributed by atoms with van der Waals surface area (Å²) in [6.45, 7) is 16.5. The second kappa shape index (κ2) is 7.73. The lowest BCUT2D eigenvalue weighted by Gasteiger charge is -2.28. The number of hydrogen-bond donors (Lipinski definition) is 0. The Labute approximate surface area is 158 Å². The molecule has 0 spiro atoms. The normalized spacial score (nSPS) is 20.0. The highest BCUT2D eigenvalue weighted by atomic mass is 32.2. The van der Waals surface area contributed by atoms with Crippen molar-refractivity contribution >= 4 is 17.7 Å². The highest BCUT2D eigenvalue weighted by Crippen LogP contribution is 2.39. The molecule has 1 heterocycles. The molecule has 2 atom stereocenters. The zero-order chi connectivity index (χ0) is 18.8. The van der Waals surface area contributed by atoms with Crippen LogP contribution in [0.2, 0.25) is 0 Å². The van der Waals surface area contributed by atoms with Crippen molar-refractivity contribution in [3.05, 3.63) is 35.4 Å². The van der Waals surface area contributed by atoms with Gasteiger partial charge in [0, 0.05) is 18.7 Å². The van der Waals surface area contributed by atoms with Crippen molar-refractivity contribution in [2.24, 2.45) is 11.3 Å². The number of rotatable bonds is 4. The SMILES string of the molecule is C[C@H](CC(=O)N1CCS[C@@H]1c1ccc(C(C)(C)C)cc1)CC(C)(C)C. The molecular weight excluding hydrogens is 326 g/mol. The Kier molecular flexibility index (Phi) is 6.30. The molecule has 1 saturated heterocycles. The predicted molar refractivity (Wildman–Crippen MR) is 110 cm³/mol. The number of nitrogens with zero attached hydrogens (tertiary/aromatic N) is 1. The van der Waals surface area contributed by atoms with Crippen LogP contribution in [0.25, 0.3) is 0 Å². The maximum absolute atomic E-state index is 12.9. The van der Waals surface area contributed by atoms with Gasteiger partial charge in [0.15, 0.2) is 0 Å². The lowest BCUT2D eigenvalue weighted by atomic mass is 9.84. The van der Waals surface area contributed by atoms with Gasteiger partial charge in [0.1, 0.15) is 5.37 Å². The molecule has 2 nitrogen and oxygen atoms in total. The molecule has 0 radical (unpaired) electrons. The zero-order valence-electron chi connectivity index (χ0n) is 17.1. The van der Waals surface area contributed by atoms with E-state index in [0.29, 0.717) is 18.2 Å². The molecule has 1 aliphatic rings. The first-order valence-electron chi connectivity index (χ1n) is 9.49. The van der Waals surface area contributed by atoms with Crippen molar-refractivity contribution in [3.63, 3.8) is 0 Å². The summed E-state index contributed by atoms with van der Waals surface area (Å²) < 4.78 is 0. The molecule has 0 bridgehead atoms. The van der Waals surface area contributed by atoms with Crippen LogP contribution >= 0.6 is 11.8 Å². The van der Waals surface area contributed by atoms with Gasteiger partial charge in [0.25, 0.3) is 0 Å². The van der Waals surface area contributed by atoms with Gasteiger partial charge < -0.3 is 4.90 Å². The van der Waals surface area contributed by atoms with Crippen molar-refractivity contribution < 1.29 is 4.79 Å². The number of benzene rings is 1. The average Bonchev–Trinajstić information content (AvgIpc) is 2.93. The molecule has 0 aliphatic carbocycles. The van der Waals surface area contributed by atoms with E-state index in [-0.39, 0.29) is 16.2 Å². The Morgan fingerprint density at radius 2 is 1.76 bits per heavy atom. The standard InChI is InChI=1S/C22H35NOS/c1-16(15-21(2,3)4)14-19(24)23-12-13-25-20(23)17-8-10-18(11-9-17)22(5,6)7/h8-11,16,20H,12-15H2,1-7H3/t16-,20-/m1/s1. The molecule has 1 amide bonds. The number of hydrogen-bond acceptors (Lipinski definition) is 2. The molecule has 2 rings (SSSR count). The summed E-state index contributed by atoms with van der Waals surface area (Å²) >= 11 is 1.89. The van der Waals surface area contributed by atoms with Crippen molar-refractivity contribution in [1.29, 1.82) is 0 Å². The molecule has 0 aromatic heterocycles. The summed E-state index contributed by atoms with van der Waals surface area (Å²) in [5.74, 6) is 1.78. The molecule has 1 aliphatic heterocycles. The highest BCUT2D eigenvalue weighted by molar-refractivity contribution is 7.99. The Morgan fingerprint density at radius 1 is 1.16 bits per heavy atom. The third kappa shape index (κ3) is 5.77. The molecule has 0 N–H and O–H groups in total. The number of carbonyl (C=O) groups is 1. The summed E-state index contributed by atoms with van der Waals surface area (Å²) in [5, 5.41) is 0.184. The van der Waals surface area contributed by atoms with Gasteiger partial charge in [-0.3, -0.25) is 4.79 Å². The van der Waals surface area contributed by atoms with Crippen LogP contribution in [0.5, 0.6) is 0 Å². The number of amides is 1. The van der Waals surface area contributed by atoms with E-state index in [1.807, 2.05) is 11.8 Å². The molecule has 3 heteroatoms. The van der Waals surface area contributed by atoms with E-state index in [1.165, 1.54) is 11.1 Å². The Hall–Kier alpha value is -0.960. The van der Waals surface area contributed by atoms with Crippen LogP contribution in [-0.2, 0) is 10.2 Å². The number of carbonyl (C=O) groups excluding carboxylic acids is 1. The smallest absolute Gasteiger partial charge is 0.224 e. The Balaban J connectivity index is 2.05. The van der Waals surface area contributed by atoms with Gasteiger partial charge in [-0.05, 0) is 34.3 Å². The van der Waals surface area contributed by atoms with Gasteiger partial charge in [0.2, 0.25) is 5.91 Å². The summed E-state index contributed by atoms with van der Waals surface area (Å²) in [6, 6.07) is 8.86. The fourth-order valence-electron chi connectivity index (χ4n) is 3.68. The maximum atomic E-state index is 12.9. The lowest BCUT2D eigenvalue weighted by molar-refractivity contribution is -0.132. The largest absolute Gasteiger partial charge is 0.326 e. The minimum Gasteiger partial charge on any atom is -0.326 e. The first-order chi connectivity index (χ1) is 11.5. The zero-order valence-corrected chi connectivity index (χ0v) is 17.9. The molecular formula is C22H35NOS. The lowest BCUT2D eigenvalue weighted by Crippen LogP contribution is -2.32. The van der Waals surface area contributed by atoms with E-state index in [9.17, 15) is 4.79 Å². The molecule has 1 fully saturated rings. The fraction of sp³-hybridized carbons (Fsp3) is 0.682. The minimum atomic E-state index is 0.166. The first kappa shape index (κ1) is 20.4. The van der Waals surface area contributed by atoms with Gasteiger partial charge in [-0.1, -0.05) is 72.7 Å². The molecule has 0 unspecified atom stereocenters. The molecule has 0 saturated carbocycles. The third-order valence-corrected chi connectivity index (χ3v) is 6.02. The topological polar surface area (TPSA) is 20.3 Å². The van der Waals surface area contributed by atoms with Crippen LogP contribution in [0.1, 0.15) is 77.8 Å². The van der Waals surface area contributed by atoms with Crippen LogP contribution in [-0.4, -0.2) is 23.1 Å². The van der Waals surface area contributed by atoms with Crippen LogP contribution in [0.4, 0.5) is 0 Å². The first-order valence-corrected chi connectivity index (χ1v) is 10.5. The quantitative estimate of drug-likeness (QED) is 0.653. The van der Waals surface area contributed by atoms with Gasteiger partial charge in [-0.25, -0.2) is 0 Å². The summed E-state index contributed by atoms with van der Waals surface area (Å²) in [7, 11) is 0. The summed E-state index contributed by atoms with van der Waals surface area (Å²) in [4.78, 5) is 15.0. The van der Waals surface area contributed by atoms with E-state index in [0.717, 1.165) is 18.7 Å². The van der Waals surface area contributed by atoms with E-state index in [1.54, 1.807) is 0 Å². The summed E-state index contributed by atoms with van der Waals surface area (Å²) in [6.07, 6.45) is 1.75. The average molecular weight is 362 g/mol. The van der Waals surface area contributed by atoms with E-state index in [4.69, 9.17) is 0 Å². The van der Waals surface area contributed by atoms with E-state index in [2.05, 4.69) is 77.6 Å². The summed E-state index contributed by atoms with van der Waals surface area (Å²) in [5.41, 5.74) is 3.05. The van der Waals surface area contributed by atoms with Gasteiger partial charge in [-0.2, -0.15) is 0 Å². The van der Waals surface area contributed by atoms with E-state index < -0.39 is 0 Å². The fourth-order valence-corrected chi connectivity index (χ4v) is 4.96. The maximum Gasteiger partial charge on any atom is 0.224 e. The highest BCUT2D eigenvalue weighted by Gasteiger charge is 2.31. The van der Waals surface area contributed by atoms with Crippen LogP contribution in [0.15, 0.2) is 24.3 Å². The Bertz CT molecular complexity index is 580. The molecule has 140 valence electrons. The monoisotopic (exact) mass is 361 g/mol. The number of thioether (sulfide) groups is 1.